The van der Waals surface area contributed by atoms with Gasteiger partial charge in [0.1, 0.15) is 6.26 Å². The van der Waals surface area contributed by atoms with Crippen molar-refractivity contribution in [3.05, 3.63) is 41.7 Å². The van der Waals surface area contributed by atoms with Gasteiger partial charge in [-0.25, -0.2) is 0 Å². The highest BCUT2D eigenvalue weighted by molar-refractivity contribution is 8.01. The van der Waals surface area contributed by atoms with Crippen LogP contribution in [0.4, 0.5) is 16.6 Å². The van der Waals surface area contributed by atoms with Gasteiger partial charge in [-0.2, -0.15) is 0 Å². The minimum absolute atomic E-state index is 0.173. The quantitative estimate of drug-likeness (QED) is 0.648. The topological polar surface area (TPSA) is 92.9 Å². The zero-order valence-electron chi connectivity index (χ0n) is 13.1. The van der Waals surface area contributed by atoms with Gasteiger partial charge in [-0.1, -0.05) is 40.4 Å². The Morgan fingerprint density at radius 1 is 1.29 bits per heavy atom. The summed E-state index contributed by atoms with van der Waals surface area (Å²) in [5.74, 6) is 0.452. The fraction of sp³-hybridized carbons (Fsp3) is 0.200. The number of aromatic nitrogens is 3. The molecular formula is C15H15N5O2S2. The molecule has 0 aliphatic carbocycles. The zero-order chi connectivity index (χ0) is 16.9. The molecule has 0 spiro atoms. The fourth-order valence-corrected chi connectivity index (χ4v) is 3.47. The molecule has 2 aromatic heterocycles. The second-order valence-corrected chi connectivity index (χ2v) is 7.17. The van der Waals surface area contributed by atoms with Crippen molar-refractivity contribution in [2.75, 3.05) is 16.4 Å². The van der Waals surface area contributed by atoms with Gasteiger partial charge in [0.15, 0.2) is 10.2 Å². The summed E-state index contributed by atoms with van der Waals surface area (Å²) < 4.78 is 5.38. The highest BCUT2D eigenvalue weighted by Gasteiger charge is 2.10. The third-order valence-corrected chi connectivity index (χ3v) is 5.26. The Morgan fingerprint density at radius 3 is 2.96 bits per heavy atom. The Bertz CT molecular complexity index is 832. The van der Waals surface area contributed by atoms with Gasteiger partial charge in [-0.15, -0.1) is 10.2 Å². The summed E-state index contributed by atoms with van der Waals surface area (Å²) in [6.45, 7) is 4.12. The maximum Gasteiger partial charge on any atom is 0.236 e. The largest absolute Gasteiger partial charge is 0.363 e. The highest BCUT2D eigenvalue weighted by atomic mass is 32.2. The summed E-state index contributed by atoms with van der Waals surface area (Å²) in [4.78, 5) is 11.8. The van der Waals surface area contributed by atoms with Crippen LogP contribution >= 0.6 is 23.1 Å². The Hall–Kier alpha value is -2.39. The van der Waals surface area contributed by atoms with Gasteiger partial charge in [0.05, 0.1) is 5.75 Å². The summed E-state index contributed by atoms with van der Waals surface area (Å²) in [7, 11) is 0. The van der Waals surface area contributed by atoms with Gasteiger partial charge in [0.2, 0.25) is 11.0 Å². The van der Waals surface area contributed by atoms with Crippen LogP contribution < -0.4 is 10.6 Å². The molecule has 0 aliphatic heterocycles. The maximum absolute atomic E-state index is 11.8. The van der Waals surface area contributed by atoms with Crippen LogP contribution in [0.1, 0.15) is 11.1 Å². The fourth-order valence-electron chi connectivity index (χ4n) is 1.90. The first-order chi connectivity index (χ1) is 11.6. The van der Waals surface area contributed by atoms with E-state index in [1.165, 1.54) is 40.5 Å². The third kappa shape index (κ3) is 4.12. The smallest absolute Gasteiger partial charge is 0.236 e. The number of anilines is 3. The first-order valence-electron chi connectivity index (χ1n) is 7.11. The molecule has 1 aromatic carbocycles. The van der Waals surface area contributed by atoms with Crippen LogP contribution in [0.2, 0.25) is 0 Å². The third-order valence-electron chi connectivity index (χ3n) is 3.28. The van der Waals surface area contributed by atoms with Gasteiger partial charge < -0.3 is 15.2 Å². The molecule has 1 amide bonds. The van der Waals surface area contributed by atoms with Crippen LogP contribution in [0, 0.1) is 13.8 Å². The molecule has 3 rings (SSSR count). The number of thioether (sulfide) groups is 1. The first-order valence-corrected chi connectivity index (χ1v) is 8.92. The molecule has 24 heavy (non-hydrogen) atoms. The molecule has 9 heteroatoms. The lowest BCUT2D eigenvalue weighted by Crippen LogP contribution is -2.14. The van der Waals surface area contributed by atoms with Crippen molar-refractivity contribution in [1.29, 1.82) is 0 Å². The number of carbonyl (C=O) groups excluding carboxylic acids is 1. The SMILES string of the molecule is Cc1cccc(Nc2nnc(SCC(=O)Nc3ccon3)s2)c1C. The van der Waals surface area contributed by atoms with Gasteiger partial charge in [0.25, 0.3) is 0 Å². The number of hydrogen-bond donors (Lipinski definition) is 2. The van der Waals surface area contributed by atoms with E-state index in [2.05, 4.69) is 50.4 Å². The molecular weight excluding hydrogens is 346 g/mol. The van der Waals surface area contributed by atoms with E-state index < -0.39 is 0 Å². The second-order valence-electron chi connectivity index (χ2n) is 4.97. The molecule has 0 unspecified atom stereocenters. The first kappa shape index (κ1) is 16.5. The van der Waals surface area contributed by atoms with Gasteiger partial charge in [-0.05, 0) is 31.0 Å². The maximum atomic E-state index is 11.8. The predicted octanol–water partition coefficient (Wildman–Crippen LogP) is 3.62. The average Bonchev–Trinajstić information content (AvgIpc) is 3.22. The minimum Gasteiger partial charge on any atom is -0.363 e. The normalized spacial score (nSPS) is 10.6. The van der Waals surface area contributed by atoms with Gasteiger partial charge >= 0.3 is 0 Å². The lowest BCUT2D eigenvalue weighted by atomic mass is 10.1. The lowest BCUT2D eigenvalue weighted by molar-refractivity contribution is -0.113. The molecule has 0 fully saturated rings. The van der Waals surface area contributed by atoms with Gasteiger partial charge in [0, 0.05) is 11.8 Å². The molecule has 3 aromatic rings. The summed E-state index contributed by atoms with van der Waals surface area (Å²) in [5, 5.41) is 18.4. The molecule has 2 N–H and O–H groups in total. The molecule has 124 valence electrons. The van der Waals surface area contributed by atoms with E-state index in [1.54, 1.807) is 6.07 Å². The molecule has 2 heterocycles. The average molecular weight is 361 g/mol. The number of nitrogens with zero attached hydrogens (tertiary/aromatic N) is 3. The van der Waals surface area contributed by atoms with Crippen molar-refractivity contribution < 1.29 is 9.32 Å². The van der Waals surface area contributed by atoms with E-state index in [-0.39, 0.29) is 11.7 Å². The van der Waals surface area contributed by atoms with Crippen LogP contribution in [0.5, 0.6) is 0 Å². The number of aryl methyl sites for hydroxylation is 1. The summed E-state index contributed by atoms with van der Waals surface area (Å²) in [6.07, 6.45) is 1.40. The van der Waals surface area contributed by atoms with Gasteiger partial charge in [-0.3, -0.25) is 4.79 Å². The monoisotopic (exact) mass is 361 g/mol. The van der Waals surface area contributed by atoms with Crippen molar-refractivity contribution in [3.8, 4) is 0 Å². The second kappa shape index (κ2) is 7.45. The van der Waals surface area contributed by atoms with E-state index in [9.17, 15) is 4.79 Å². The number of benzene rings is 1. The number of amides is 1. The van der Waals surface area contributed by atoms with Crippen LogP contribution in [-0.2, 0) is 4.79 Å². The van der Waals surface area contributed by atoms with Crippen molar-refractivity contribution in [1.82, 2.24) is 15.4 Å². The number of hydrogen-bond acceptors (Lipinski definition) is 8. The zero-order valence-corrected chi connectivity index (χ0v) is 14.7. The Balaban J connectivity index is 1.55. The van der Waals surface area contributed by atoms with E-state index in [1.807, 2.05) is 12.1 Å². The Kier molecular flexibility index (Phi) is 5.11. The summed E-state index contributed by atoms with van der Waals surface area (Å²) in [6, 6.07) is 7.65. The summed E-state index contributed by atoms with van der Waals surface area (Å²) >= 11 is 2.73. The molecule has 0 aliphatic rings. The molecule has 7 nitrogen and oxygen atoms in total. The highest BCUT2D eigenvalue weighted by Crippen LogP contribution is 2.29. The molecule has 0 saturated heterocycles. The van der Waals surface area contributed by atoms with E-state index in [0.29, 0.717) is 10.9 Å². The summed E-state index contributed by atoms with van der Waals surface area (Å²) in [5.41, 5.74) is 3.39. The number of carbonyl (C=O) groups is 1. The predicted molar refractivity (Wildman–Crippen MR) is 95.0 cm³/mol. The van der Waals surface area contributed by atoms with E-state index in [4.69, 9.17) is 0 Å². The van der Waals surface area contributed by atoms with Crippen molar-refractivity contribution in [2.45, 2.75) is 18.2 Å². The standard InChI is InChI=1S/C15H15N5O2S2/c1-9-4-3-5-11(10(9)2)16-14-18-19-15(24-14)23-8-13(21)17-12-6-7-22-20-12/h3-7H,8H2,1-2H3,(H,16,18)(H,17,20,21). The van der Waals surface area contributed by atoms with E-state index in [0.717, 1.165) is 10.0 Å². The van der Waals surface area contributed by atoms with Crippen molar-refractivity contribution >= 4 is 45.6 Å². The molecule has 0 atom stereocenters. The van der Waals surface area contributed by atoms with Crippen molar-refractivity contribution in [3.63, 3.8) is 0 Å². The Morgan fingerprint density at radius 2 is 2.17 bits per heavy atom. The molecule has 0 bridgehead atoms. The minimum atomic E-state index is -0.173. The Labute approximate surface area is 146 Å². The number of nitrogens with one attached hydrogen (secondary N) is 2. The molecule has 0 radical (unpaired) electrons. The van der Waals surface area contributed by atoms with Crippen LogP contribution in [0.3, 0.4) is 0 Å². The van der Waals surface area contributed by atoms with Crippen molar-refractivity contribution in [2.24, 2.45) is 0 Å². The van der Waals surface area contributed by atoms with E-state index >= 15 is 0 Å². The number of rotatable bonds is 6. The molecule has 0 saturated carbocycles. The van der Waals surface area contributed by atoms with Crippen LogP contribution in [0.15, 0.2) is 39.4 Å². The lowest BCUT2D eigenvalue weighted by Gasteiger charge is -2.08. The van der Waals surface area contributed by atoms with Crippen LogP contribution in [-0.4, -0.2) is 27.0 Å². The van der Waals surface area contributed by atoms with Crippen LogP contribution in [0.25, 0.3) is 0 Å².